The van der Waals surface area contributed by atoms with Gasteiger partial charge >= 0.3 is 0 Å². The lowest BCUT2D eigenvalue weighted by atomic mass is 10.2. The molecule has 0 amide bonds. The molecule has 0 N–H and O–H groups in total. The Morgan fingerprint density at radius 3 is 2.64 bits per heavy atom. The molecule has 0 atom stereocenters. The van der Waals surface area contributed by atoms with E-state index in [0.717, 1.165) is 5.41 Å². The lowest BCUT2D eigenvalue weighted by molar-refractivity contribution is 0.604. The first-order chi connectivity index (χ1) is 6.51. The van der Waals surface area contributed by atoms with Crippen LogP contribution in [-0.2, 0) is 9.84 Å². The van der Waals surface area contributed by atoms with Crippen molar-refractivity contribution in [1.29, 1.82) is 5.26 Å². The molecule has 3 nitrogen and oxygen atoms in total. The Kier molecular flexibility index (Phi) is 2.94. The third-order valence-corrected chi connectivity index (χ3v) is 3.21. The summed E-state index contributed by atoms with van der Waals surface area (Å²) in [7, 11) is -3.61. The molecule has 1 aromatic rings. The van der Waals surface area contributed by atoms with Gasteiger partial charge in [0, 0.05) is 10.4 Å². The summed E-state index contributed by atoms with van der Waals surface area (Å²) >= 11 is 5.63. The van der Waals surface area contributed by atoms with Crippen molar-refractivity contribution >= 4 is 21.4 Å². The highest BCUT2D eigenvalue weighted by Gasteiger charge is 2.15. The van der Waals surface area contributed by atoms with E-state index in [1.54, 1.807) is 6.07 Å². The van der Waals surface area contributed by atoms with E-state index >= 15 is 0 Å². The average molecular weight is 228 g/mol. The van der Waals surface area contributed by atoms with Gasteiger partial charge in [-0.1, -0.05) is 18.2 Å². The van der Waals surface area contributed by atoms with Crippen molar-refractivity contribution in [3.05, 3.63) is 40.8 Å². The fourth-order valence-electron chi connectivity index (χ4n) is 0.914. The van der Waals surface area contributed by atoms with E-state index in [0.29, 0.717) is 0 Å². The Morgan fingerprint density at radius 2 is 2.14 bits per heavy atom. The molecule has 1 rings (SSSR count). The molecule has 0 aliphatic heterocycles. The predicted octanol–water partition coefficient (Wildman–Crippen LogP) is 2.13. The molecule has 0 spiro atoms. The lowest BCUT2D eigenvalue weighted by Gasteiger charge is -2.01. The van der Waals surface area contributed by atoms with E-state index in [9.17, 15) is 8.42 Å². The van der Waals surface area contributed by atoms with Crippen LogP contribution < -0.4 is 0 Å². The van der Waals surface area contributed by atoms with Crippen LogP contribution in [0.1, 0.15) is 5.56 Å². The predicted molar refractivity (Wildman–Crippen MR) is 53.5 cm³/mol. The fraction of sp³-hybridized carbons (Fsp3) is 0. The molecule has 0 heterocycles. The lowest BCUT2D eigenvalue weighted by Crippen LogP contribution is -1.98. The van der Waals surface area contributed by atoms with Crippen molar-refractivity contribution in [1.82, 2.24) is 0 Å². The summed E-state index contributed by atoms with van der Waals surface area (Å²) in [5.41, 5.74) is 0.0642. The third kappa shape index (κ3) is 1.95. The molecular weight excluding hydrogens is 222 g/mol. The number of rotatable bonds is 2. The minimum absolute atomic E-state index is 0.0642. The van der Waals surface area contributed by atoms with Crippen molar-refractivity contribution in [2.24, 2.45) is 0 Å². The monoisotopic (exact) mass is 227 g/mol. The zero-order valence-corrected chi connectivity index (χ0v) is 8.64. The van der Waals surface area contributed by atoms with Gasteiger partial charge in [-0.2, -0.15) is 5.26 Å². The van der Waals surface area contributed by atoms with Crippen LogP contribution in [0.15, 0.2) is 35.1 Å². The first-order valence-corrected chi connectivity index (χ1v) is 5.51. The number of benzene rings is 1. The number of hydrogen-bond acceptors (Lipinski definition) is 3. The molecule has 72 valence electrons. The largest absolute Gasteiger partial charge is 0.219 e. The van der Waals surface area contributed by atoms with Crippen molar-refractivity contribution < 1.29 is 8.42 Å². The van der Waals surface area contributed by atoms with Crippen LogP contribution in [0, 0.1) is 11.3 Å². The number of halogens is 1. The summed E-state index contributed by atoms with van der Waals surface area (Å²) in [6, 6.07) is 5.83. The van der Waals surface area contributed by atoms with Crippen molar-refractivity contribution in [3.63, 3.8) is 0 Å². The van der Waals surface area contributed by atoms with Crippen LogP contribution in [-0.4, -0.2) is 8.42 Å². The Labute approximate surface area is 87.2 Å². The Bertz CT molecular complexity index is 514. The van der Waals surface area contributed by atoms with Gasteiger partial charge in [-0.15, -0.1) is 0 Å². The SMILES string of the molecule is C=CS(=O)(=O)c1cc(Cl)ccc1C#N. The van der Waals surface area contributed by atoms with Gasteiger partial charge in [0.05, 0.1) is 10.5 Å². The summed E-state index contributed by atoms with van der Waals surface area (Å²) in [5.74, 6) is 0. The van der Waals surface area contributed by atoms with Gasteiger partial charge in [0.1, 0.15) is 6.07 Å². The summed E-state index contributed by atoms with van der Waals surface area (Å²) < 4.78 is 22.8. The van der Waals surface area contributed by atoms with E-state index in [1.165, 1.54) is 18.2 Å². The molecule has 5 heteroatoms. The third-order valence-electron chi connectivity index (χ3n) is 1.59. The Balaban J connectivity index is 3.56. The molecule has 0 saturated heterocycles. The van der Waals surface area contributed by atoms with Crippen molar-refractivity contribution in [2.75, 3.05) is 0 Å². The second kappa shape index (κ2) is 3.82. The van der Waals surface area contributed by atoms with Crippen LogP contribution in [0.5, 0.6) is 0 Å². The van der Waals surface area contributed by atoms with Crippen LogP contribution in [0.3, 0.4) is 0 Å². The van der Waals surface area contributed by atoms with Gasteiger partial charge in [-0.3, -0.25) is 0 Å². The molecule has 0 aromatic heterocycles. The number of sulfone groups is 1. The smallest absolute Gasteiger partial charge is 0.200 e. The number of nitriles is 1. The molecule has 0 fully saturated rings. The molecule has 0 aliphatic carbocycles. The zero-order chi connectivity index (χ0) is 10.8. The van der Waals surface area contributed by atoms with Gasteiger partial charge in [-0.25, -0.2) is 8.42 Å². The van der Waals surface area contributed by atoms with Crippen LogP contribution in [0.2, 0.25) is 5.02 Å². The average Bonchev–Trinajstić information content (AvgIpc) is 2.18. The standard InChI is InChI=1S/C9H6ClNO2S/c1-2-14(12,13)9-5-8(10)4-3-7(9)6-11/h2-5H,1H2. The Morgan fingerprint density at radius 1 is 1.50 bits per heavy atom. The van der Waals surface area contributed by atoms with Gasteiger partial charge in [-0.05, 0) is 18.2 Å². The zero-order valence-electron chi connectivity index (χ0n) is 7.07. The van der Waals surface area contributed by atoms with Crippen LogP contribution >= 0.6 is 11.6 Å². The number of hydrogen-bond donors (Lipinski definition) is 0. The van der Waals surface area contributed by atoms with E-state index in [4.69, 9.17) is 16.9 Å². The molecular formula is C9H6ClNO2S. The summed E-state index contributed by atoms with van der Waals surface area (Å²) in [4.78, 5) is -0.109. The van der Waals surface area contributed by atoms with E-state index in [1.807, 2.05) is 0 Å². The molecule has 1 aromatic carbocycles. The topological polar surface area (TPSA) is 57.9 Å². The first kappa shape index (κ1) is 10.8. The molecule has 0 bridgehead atoms. The van der Waals surface area contributed by atoms with E-state index in [2.05, 4.69) is 6.58 Å². The van der Waals surface area contributed by atoms with Gasteiger partial charge in [0.25, 0.3) is 0 Å². The van der Waals surface area contributed by atoms with Crippen LogP contribution in [0.25, 0.3) is 0 Å². The Hall–Kier alpha value is -1.31. The van der Waals surface area contributed by atoms with E-state index < -0.39 is 9.84 Å². The highest BCUT2D eigenvalue weighted by molar-refractivity contribution is 7.94. The summed E-state index contributed by atoms with van der Waals surface area (Å²) in [5, 5.41) is 9.74. The highest BCUT2D eigenvalue weighted by Crippen LogP contribution is 2.21. The maximum absolute atomic E-state index is 11.4. The second-order valence-electron chi connectivity index (χ2n) is 2.46. The number of nitrogens with zero attached hydrogens (tertiary/aromatic N) is 1. The molecule has 0 aliphatic rings. The molecule has 0 radical (unpaired) electrons. The molecule has 0 unspecified atom stereocenters. The maximum Gasteiger partial charge on any atom is 0.200 e. The fourth-order valence-corrected chi connectivity index (χ4v) is 2.04. The van der Waals surface area contributed by atoms with Gasteiger partial charge in [0.15, 0.2) is 0 Å². The normalized spacial score (nSPS) is 10.6. The van der Waals surface area contributed by atoms with Crippen molar-refractivity contribution in [2.45, 2.75) is 4.90 Å². The first-order valence-electron chi connectivity index (χ1n) is 3.58. The molecule has 14 heavy (non-hydrogen) atoms. The minimum Gasteiger partial charge on any atom is -0.219 e. The highest BCUT2D eigenvalue weighted by atomic mass is 35.5. The molecule has 0 saturated carbocycles. The maximum atomic E-state index is 11.4. The quantitative estimate of drug-likeness (QED) is 0.778. The van der Waals surface area contributed by atoms with Crippen LogP contribution in [0.4, 0.5) is 0 Å². The van der Waals surface area contributed by atoms with Crippen molar-refractivity contribution in [3.8, 4) is 6.07 Å². The minimum atomic E-state index is -3.61. The van der Waals surface area contributed by atoms with Gasteiger partial charge < -0.3 is 0 Å². The second-order valence-corrected chi connectivity index (χ2v) is 4.76. The summed E-state index contributed by atoms with van der Waals surface area (Å²) in [6.45, 7) is 3.17. The van der Waals surface area contributed by atoms with Gasteiger partial charge in [0.2, 0.25) is 9.84 Å². The summed E-state index contributed by atoms with van der Waals surface area (Å²) in [6.07, 6.45) is 0. The van der Waals surface area contributed by atoms with E-state index in [-0.39, 0.29) is 15.5 Å².